The van der Waals surface area contributed by atoms with Crippen LogP contribution in [0.3, 0.4) is 0 Å². The summed E-state index contributed by atoms with van der Waals surface area (Å²) in [6, 6.07) is 19.6. The van der Waals surface area contributed by atoms with Gasteiger partial charge in [-0.2, -0.15) is 0 Å². The van der Waals surface area contributed by atoms with E-state index in [-0.39, 0.29) is 5.91 Å². The molecule has 0 spiro atoms. The monoisotopic (exact) mass is 392 g/mol. The van der Waals surface area contributed by atoms with Crippen molar-refractivity contribution in [1.29, 1.82) is 0 Å². The van der Waals surface area contributed by atoms with E-state index in [1.54, 1.807) is 6.07 Å². The maximum atomic E-state index is 12.5. The number of hydrogen-bond donors (Lipinski definition) is 1. The lowest BCUT2D eigenvalue weighted by Crippen LogP contribution is -2.37. The Morgan fingerprint density at radius 1 is 1.11 bits per heavy atom. The first-order chi connectivity index (χ1) is 13.8. The Morgan fingerprint density at radius 3 is 2.89 bits per heavy atom. The van der Waals surface area contributed by atoms with E-state index >= 15 is 0 Å². The second-order valence-electron chi connectivity index (χ2n) is 6.95. The summed E-state index contributed by atoms with van der Waals surface area (Å²) in [6.45, 7) is 4.05. The van der Waals surface area contributed by atoms with E-state index in [0.717, 1.165) is 31.6 Å². The van der Waals surface area contributed by atoms with Crippen LogP contribution in [0.2, 0.25) is 0 Å². The third kappa shape index (κ3) is 4.80. The molecule has 1 aliphatic heterocycles. The van der Waals surface area contributed by atoms with Gasteiger partial charge in [0.25, 0.3) is 5.91 Å². The molecule has 1 N–H and O–H groups in total. The zero-order valence-corrected chi connectivity index (χ0v) is 16.6. The number of rotatable bonds is 7. The number of carbonyl (C=O) groups is 1. The summed E-state index contributed by atoms with van der Waals surface area (Å²) in [5.41, 5.74) is 3.17. The Hall–Kier alpha value is -2.63. The van der Waals surface area contributed by atoms with Crippen molar-refractivity contribution in [2.45, 2.75) is 19.6 Å². The molecule has 0 fully saturated rings. The van der Waals surface area contributed by atoms with E-state index in [1.165, 1.54) is 10.4 Å². The third-order valence-electron chi connectivity index (χ3n) is 4.94. The van der Waals surface area contributed by atoms with Crippen molar-refractivity contribution in [2.75, 3.05) is 19.6 Å². The van der Waals surface area contributed by atoms with E-state index in [4.69, 9.17) is 4.74 Å². The Kier molecular flexibility index (Phi) is 6.04. The fraction of sp³-hybridized carbons (Fsp3) is 0.261. The highest BCUT2D eigenvalue weighted by molar-refractivity contribution is 7.10. The van der Waals surface area contributed by atoms with Crippen LogP contribution in [0.15, 0.2) is 66.0 Å². The normalized spacial score (nSPS) is 13.7. The number of hydrogen-bond acceptors (Lipinski definition) is 4. The summed E-state index contributed by atoms with van der Waals surface area (Å²) in [5.74, 6) is 0.649. The Bertz CT molecular complexity index is 923. The molecular weight excluding hydrogens is 368 g/mol. The number of carbonyl (C=O) groups excluding carboxylic acids is 1. The molecule has 0 saturated heterocycles. The summed E-state index contributed by atoms with van der Waals surface area (Å²) in [7, 11) is 0. The lowest BCUT2D eigenvalue weighted by Gasteiger charge is -2.26. The van der Waals surface area contributed by atoms with E-state index in [1.807, 2.05) is 59.9 Å². The molecule has 4 nitrogen and oxygen atoms in total. The van der Waals surface area contributed by atoms with Gasteiger partial charge in [-0.05, 0) is 47.2 Å². The van der Waals surface area contributed by atoms with Crippen LogP contribution in [0.25, 0.3) is 0 Å². The molecule has 0 unspecified atom stereocenters. The van der Waals surface area contributed by atoms with Crippen molar-refractivity contribution in [3.8, 4) is 5.75 Å². The molecule has 2 heterocycles. The Balaban J connectivity index is 1.25. The minimum absolute atomic E-state index is 0.0570. The zero-order chi connectivity index (χ0) is 19.2. The van der Waals surface area contributed by atoms with Crippen LogP contribution in [0, 0.1) is 0 Å². The molecule has 1 amide bonds. The number of nitrogens with one attached hydrogen (secondary N) is 1. The summed E-state index contributed by atoms with van der Waals surface area (Å²) >= 11 is 1.85. The molecule has 0 bridgehead atoms. The van der Waals surface area contributed by atoms with E-state index in [2.05, 4.69) is 21.7 Å². The lowest BCUT2D eigenvalue weighted by atomic mass is 10.1. The average Bonchev–Trinajstić information content (AvgIpc) is 3.21. The first kappa shape index (κ1) is 18.7. The number of nitrogens with zero attached hydrogens (tertiary/aromatic N) is 1. The van der Waals surface area contributed by atoms with Crippen molar-refractivity contribution < 1.29 is 9.53 Å². The average molecular weight is 393 g/mol. The molecule has 0 atom stereocenters. The molecule has 1 aliphatic rings. The van der Waals surface area contributed by atoms with Gasteiger partial charge in [0.1, 0.15) is 12.4 Å². The molecule has 1 aromatic heterocycles. The topological polar surface area (TPSA) is 41.6 Å². The SMILES string of the molecule is O=C(NCCN1CCc2sccc2C1)c1cccc(OCc2ccccc2)c1. The molecular formula is C23H24N2O2S. The highest BCUT2D eigenvalue weighted by atomic mass is 32.1. The van der Waals surface area contributed by atoms with Crippen LogP contribution in [-0.2, 0) is 19.6 Å². The van der Waals surface area contributed by atoms with Gasteiger partial charge in [-0.1, -0.05) is 36.4 Å². The van der Waals surface area contributed by atoms with Gasteiger partial charge in [-0.15, -0.1) is 11.3 Å². The maximum absolute atomic E-state index is 12.5. The lowest BCUT2D eigenvalue weighted by molar-refractivity contribution is 0.0947. The van der Waals surface area contributed by atoms with Crippen LogP contribution < -0.4 is 10.1 Å². The van der Waals surface area contributed by atoms with Gasteiger partial charge in [-0.3, -0.25) is 9.69 Å². The van der Waals surface area contributed by atoms with Gasteiger partial charge in [0.15, 0.2) is 0 Å². The first-order valence-electron chi connectivity index (χ1n) is 9.60. The molecule has 144 valence electrons. The maximum Gasteiger partial charge on any atom is 0.251 e. The van der Waals surface area contributed by atoms with Gasteiger partial charge in [0, 0.05) is 36.6 Å². The Morgan fingerprint density at radius 2 is 2.00 bits per heavy atom. The van der Waals surface area contributed by atoms with Crippen molar-refractivity contribution in [2.24, 2.45) is 0 Å². The van der Waals surface area contributed by atoms with Crippen LogP contribution in [0.1, 0.15) is 26.4 Å². The van der Waals surface area contributed by atoms with Crippen LogP contribution in [0.5, 0.6) is 5.75 Å². The number of thiophene rings is 1. The molecule has 0 aliphatic carbocycles. The van der Waals surface area contributed by atoms with Gasteiger partial charge < -0.3 is 10.1 Å². The van der Waals surface area contributed by atoms with Crippen molar-refractivity contribution in [1.82, 2.24) is 10.2 Å². The first-order valence-corrected chi connectivity index (χ1v) is 10.5. The fourth-order valence-electron chi connectivity index (χ4n) is 3.40. The van der Waals surface area contributed by atoms with Crippen molar-refractivity contribution >= 4 is 17.2 Å². The molecule has 28 heavy (non-hydrogen) atoms. The molecule has 0 saturated carbocycles. The van der Waals surface area contributed by atoms with Crippen molar-refractivity contribution in [3.05, 3.63) is 87.6 Å². The summed E-state index contributed by atoms with van der Waals surface area (Å²) < 4.78 is 5.82. The second kappa shape index (κ2) is 9.04. The van der Waals surface area contributed by atoms with Crippen LogP contribution in [-0.4, -0.2) is 30.4 Å². The highest BCUT2D eigenvalue weighted by Gasteiger charge is 2.17. The number of ether oxygens (including phenoxy) is 1. The fourth-order valence-corrected chi connectivity index (χ4v) is 4.29. The summed E-state index contributed by atoms with van der Waals surface area (Å²) in [4.78, 5) is 16.4. The molecule has 2 aromatic carbocycles. The number of benzene rings is 2. The number of fused-ring (bicyclic) bond motifs is 1. The zero-order valence-electron chi connectivity index (χ0n) is 15.8. The van der Waals surface area contributed by atoms with Gasteiger partial charge in [0.2, 0.25) is 0 Å². The smallest absolute Gasteiger partial charge is 0.251 e. The highest BCUT2D eigenvalue weighted by Crippen LogP contribution is 2.23. The van der Waals surface area contributed by atoms with E-state index in [9.17, 15) is 4.79 Å². The van der Waals surface area contributed by atoms with Crippen LogP contribution >= 0.6 is 11.3 Å². The van der Waals surface area contributed by atoms with Gasteiger partial charge >= 0.3 is 0 Å². The molecule has 5 heteroatoms. The molecule has 0 radical (unpaired) electrons. The number of amides is 1. The molecule has 4 rings (SSSR count). The van der Waals surface area contributed by atoms with E-state index < -0.39 is 0 Å². The minimum atomic E-state index is -0.0570. The van der Waals surface area contributed by atoms with Gasteiger partial charge in [-0.25, -0.2) is 0 Å². The van der Waals surface area contributed by atoms with Crippen LogP contribution in [0.4, 0.5) is 0 Å². The minimum Gasteiger partial charge on any atom is -0.489 e. The van der Waals surface area contributed by atoms with Crippen molar-refractivity contribution in [3.63, 3.8) is 0 Å². The van der Waals surface area contributed by atoms with Gasteiger partial charge in [0.05, 0.1) is 0 Å². The second-order valence-corrected chi connectivity index (χ2v) is 7.95. The largest absolute Gasteiger partial charge is 0.489 e. The summed E-state index contributed by atoms with van der Waals surface area (Å²) in [6.07, 6.45) is 1.11. The Labute approximate surface area is 169 Å². The standard InChI is InChI=1S/C23H24N2O2S/c26-23(24-11-13-25-12-9-22-20(16-25)10-14-28-22)19-7-4-8-21(15-19)27-17-18-5-2-1-3-6-18/h1-8,10,14-15H,9,11-13,16-17H2,(H,24,26). The van der Waals surface area contributed by atoms with E-state index in [0.29, 0.717) is 24.5 Å². The third-order valence-corrected chi connectivity index (χ3v) is 5.97. The quantitative estimate of drug-likeness (QED) is 0.658. The summed E-state index contributed by atoms with van der Waals surface area (Å²) in [5, 5.41) is 5.20. The predicted molar refractivity (Wildman–Crippen MR) is 113 cm³/mol. The predicted octanol–water partition coefficient (Wildman–Crippen LogP) is 4.12. The molecule has 3 aromatic rings.